The Balaban J connectivity index is 1.43. The van der Waals surface area contributed by atoms with E-state index < -0.39 is 44.4 Å². The van der Waals surface area contributed by atoms with Crippen molar-refractivity contribution < 1.29 is 27.7 Å². The molecule has 1 atom stereocenters. The highest BCUT2D eigenvalue weighted by Crippen LogP contribution is 2.32. The first-order valence-electron chi connectivity index (χ1n) is 10.8. The van der Waals surface area contributed by atoms with E-state index in [9.17, 15) is 32.9 Å². The van der Waals surface area contributed by atoms with Crippen molar-refractivity contribution in [1.82, 2.24) is 14.1 Å². The zero-order valence-electron chi connectivity index (χ0n) is 18.7. The molecule has 1 unspecified atom stereocenters. The molecule has 2 aliphatic heterocycles. The van der Waals surface area contributed by atoms with Gasteiger partial charge in [-0.15, -0.1) is 0 Å². The van der Waals surface area contributed by atoms with Crippen LogP contribution in [0.3, 0.4) is 0 Å². The number of hydrogen-bond acceptors (Lipinski definition) is 7. The second-order valence-electron chi connectivity index (χ2n) is 8.10. The van der Waals surface area contributed by atoms with Gasteiger partial charge in [0.2, 0.25) is 15.9 Å². The molecule has 0 radical (unpaired) electrons. The van der Waals surface area contributed by atoms with Gasteiger partial charge in [-0.2, -0.15) is 4.31 Å². The average Bonchev–Trinajstić information content (AvgIpc) is 3.12. The van der Waals surface area contributed by atoms with Crippen molar-refractivity contribution in [3.05, 3.63) is 80.7 Å². The summed E-state index contributed by atoms with van der Waals surface area (Å²) in [7, 11) is -3.70. The highest BCUT2D eigenvalue weighted by molar-refractivity contribution is 7.92. The Morgan fingerprint density at radius 1 is 1.00 bits per heavy atom. The van der Waals surface area contributed by atoms with E-state index in [0.717, 1.165) is 21.9 Å². The van der Waals surface area contributed by atoms with Crippen molar-refractivity contribution in [2.24, 2.45) is 0 Å². The number of carbonyl (C=O) groups is 3. The zero-order chi connectivity index (χ0) is 25.3. The van der Waals surface area contributed by atoms with Crippen LogP contribution in [0.4, 0.5) is 5.69 Å². The molecule has 4 rings (SSSR count). The summed E-state index contributed by atoms with van der Waals surface area (Å²) in [5, 5.41) is 12.4. The molecule has 0 saturated carbocycles. The van der Waals surface area contributed by atoms with E-state index in [1.165, 1.54) is 34.3 Å². The molecule has 12 heteroatoms. The molecule has 2 aromatic rings. The highest BCUT2D eigenvalue weighted by Gasteiger charge is 2.46. The standard InChI is InChI=1S/C23H22N4O7S/c1-16(26-22(29)18-8-5-9-19(27(31)32)20(18)23(26)30)21(28)24-11-13-25(14-12-24)35(33,34)15-10-17-6-3-2-4-7-17/h2-10,15-16H,11-14H2,1H3/b15-10+. The Kier molecular flexibility index (Phi) is 6.50. The number of hydrogen-bond donors (Lipinski definition) is 0. The molecule has 3 amide bonds. The van der Waals surface area contributed by atoms with Gasteiger partial charge in [0.05, 0.1) is 10.5 Å². The number of nitro groups is 1. The fraction of sp³-hybridized carbons (Fsp3) is 0.261. The van der Waals surface area contributed by atoms with E-state index in [-0.39, 0.29) is 37.3 Å². The summed E-state index contributed by atoms with van der Waals surface area (Å²) in [5.74, 6) is -2.22. The molecule has 1 fully saturated rings. The number of nitrogens with zero attached hydrogens (tertiary/aromatic N) is 4. The normalized spacial score (nSPS) is 17.6. The van der Waals surface area contributed by atoms with E-state index >= 15 is 0 Å². The summed E-state index contributed by atoms with van der Waals surface area (Å²) in [6, 6.07) is 11.5. The first-order valence-corrected chi connectivity index (χ1v) is 12.3. The summed E-state index contributed by atoms with van der Waals surface area (Å²) in [5.41, 5.74) is -0.210. The third-order valence-corrected chi connectivity index (χ3v) is 7.57. The number of sulfonamides is 1. The van der Waals surface area contributed by atoms with Crippen LogP contribution in [-0.2, 0) is 14.8 Å². The molecule has 0 bridgehead atoms. The van der Waals surface area contributed by atoms with Crippen LogP contribution in [0.2, 0.25) is 0 Å². The van der Waals surface area contributed by atoms with Crippen LogP contribution in [0.1, 0.15) is 33.2 Å². The molecule has 11 nitrogen and oxygen atoms in total. The summed E-state index contributed by atoms with van der Waals surface area (Å²) in [6.45, 7) is 1.62. The van der Waals surface area contributed by atoms with Crippen molar-refractivity contribution in [3.63, 3.8) is 0 Å². The first-order chi connectivity index (χ1) is 16.6. The van der Waals surface area contributed by atoms with Gasteiger partial charge in [-0.25, -0.2) is 8.42 Å². The van der Waals surface area contributed by atoms with Crippen LogP contribution in [0, 0.1) is 10.1 Å². The monoisotopic (exact) mass is 498 g/mol. The number of imide groups is 1. The van der Waals surface area contributed by atoms with Crippen LogP contribution < -0.4 is 0 Å². The number of carbonyl (C=O) groups excluding carboxylic acids is 3. The Bertz CT molecular complexity index is 1330. The van der Waals surface area contributed by atoms with Gasteiger partial charge in [-0.3, -0.25) is 29.4 Å². The van der Waals surface area contributed by atoms with Gasteiger partial charge in [0.15, 0.2) is 0 Å². The topological polar surface area (TPSA) is 138 Å². The van der Waals surface area contributed by atoms with Gasteiger partial charge in [0.1, 0.15) is 11.6 Å². The van der Waals surface area contributed by atoms with E-state index in [1.54, 1.807) is 24.3 Å². The minimum atomic E-state index is -3.70. The van der Waals surface area contributed by atoms with Gasteiger partial charge in [-0.05, 0) is 24.6 Å². The highest BCUT2D eigenvalue weighted by atomic mass is 32.2. The number of piperazine rings is 1. The SMILES string of the molecule is CC(C(=O)N1CCN(S(=O)(=O)/C=C/c2ccccc2)CC1)N1C(=O)c2cccc([N+](=O)[O-])c2C1=O. The molecule has 2 aliphatic rings. The van der Waals surface area contributed by atoms with Crippen molar-refractivity contribution in [1.29, 1.82) is 0 Å². The molecule has 0 aromatic heterocycles. The number of fused-ring (bicyclic) bond motifs is 1. The minimum Gasteiger partial charge on any atom is -0.338 e. The van der Waals surface area contributed by atoms with E-state index in [2.05, 4.69) is 0 Å². The van der Waals surface area contributed by atoms with Crippen LogP contribution in [0.25, 0.3) is 6.08 Å². The van der Waals surface area contributed by atoms with Gasteiger partial charge in [0.25, 0.3) is 17.5 Å². The summed E-state index contributed by atoms with van der Waals surface area (Å²) in [6.07, 6.45) is 1.50. The van der Waals surface area contributed by atoms with E-state index in [1.807, 2.05) is 6.07 Å². The molecular formula is C23H22N4O7S. The Morgan fingerprint density at radius 3 is 2.29 bits per heavy atom. The van der Waals surface area contributed by atoms with Crippen LogP contribution in [0.5, 0.6) is 0 Å². The fourth-order valence-electron chi connectivity index (χ4n) is 4.14. The maximum atomic E-state index is 13.1. The van der Waals surface area contributed by atoms with Crippen LogP contribution >= 0.6 is 0 Å². The number of benzene rings is 2. The lowest BCUT2D eigenvalue weighted by atomic mass is 10.1. The van der Waals surface area contributed by atoms with Crippen molar-refractivity contribution >= 4 is 39.5 Å². The molecule has 2 aromatic carbocycles. The van der Waals surface area contributed by atoms with Gasteiger partial charge >= 0.3 is 0 Å². The molecule has 182 valence electrons. The van der Waals surface area contributed by atoms with Crippen LogP contribution in [-0.4, -0.2) is 77.4 Å². The maximum Gasteiger partial charge on any atom is 0.282 e. The third kappa shape index (κ3) is 4.57. The lowest BCUT2D eigenvalue weighted by molar-refractivity contribution is -0.385. The number of nitro benzene ring substituents is 1. The molecule has 1 saturated heterocycles. The smallest absolute Gasteiger partial charge is 0.282 e. The maximum absolute atomic E-state index is 13.1. The fourth-order valence-corrected chi connectivity index (χ4v) is 5.32. The first kappa shape index (κ1) is 24.2. The lowest BCUT2D eigenvalue weighted by Gasteiger charge is -2.36. The summed E-state index contributed by atoms with van der Waals surface area (Å²) in [4.78, 5) is 51.4. The Labute approximate surface area is 201 Å². The average molecular weight is 499 g/mol. The predicted molar refractivity (Wildman–Crippen MR) is 126 cm³/mol. The van der Waals surface area contributed by atoms with E-state index in [0.29, 0.717) is 0 Å². The summed E-state index contributed by atoms with van der Waals surface area (Å²) < 4.78 is 26.6. The molecule has 2 heterocycles. The number of amides is 3. The quantitative estimate of drug-likeness (QED) is 0.336. The second kappa shape index (κ2) is 9.39. The van der Waals surface area contributed by atoms with Gasteiger partial charge < -0.3 is 4.90 Å². The van der Waals surface area contributed by atoms with Crippen LogP contribution in [0.15, 0.2) is 53.9 Å². The largest absolute Gasteiger partial charge is 0.338 e. The summed E-state index contributed by atoms with van der Waals surface area (Å²) >= 11 is 0. The van der Waals surface area contributed by atoms with Crippen molar-refractivity contribution in [3.8, 4) is 0 Å². The molecule has 0 spiro atoms. The number of rotatable bonds is 6. The molecular weight excluding hydrogens is 476 g/mol. The minimum absolute atomic E-state index is 0.0491. The van der Waals surface area contributed by atoms with Gasteiger partial charge in [0, 0.05) is 37.7 Å². The molecule has 35 heavy (non-hydrogen) atoms. The van der Waals surface area contributed by atoms with Crippen molar-refractivity contribution in [2.75, 3.05) is 26.2 Å². The van der Waals surface area contributed by atoms with Gasteiger partial charge in [-0.1, -0.05) is 36.4 Å². The van der Waals surface area contributed by atoms with Crippen molar-refractivity contribution in [2.45, 2.75) is 13.0 Å². The zero-order valence-corrected chi connectivity index (χ0v) is 19.6. The molecule has 0 aliphatic carbocycles. The second-order valence-corrected chi connectivity index (χ2v) is 9.91. The Hall–Kier alpha value is -3.90. The Morgan fingerprint density at radius 2 is 1.66 bits per heavy atom. The third-order valence-electron chi connectivity index (χ3n) is 6.01. The molecule has 0 N–H and O–H groups in total. The predicted octanol–water partition coefficient (Wildman–Crippen LogP) is 1.72. The lowest BCUT2D eigenvalue weighted by Crippen LogP contribution is -2.55. The van der Waals surface area contributed by atoms with E-state index in [4.69, 9.17) is 0 Å².